The van der Waals surface area contributed by atoms with Crippen LogP contribution in [0.2, 0.25) is 0 Å². The fourth-order valence-corrected chi connectivity index (χ4v) is 2.68. The Morgan fingerprint density at radius 2 is 1.90 bits per heavy atom. The molecule has 1 rings (SSSR count). The molecule has 20 heavy (non-hydrogen) atoms. The Morgan fingerprint density at radius 1 is 1.25 bits per heavy atom. The van der Waals surface area contributed by atoms with Gasteiger partial charge in [0.1, 0.15) is 0 Å². The lowest BCUT2D eigenvalue weighted by Gasteiger charge is -2.33. The molecule has 0 aromatic heterocycles. The smallest absolute Gasteiger partial charge is 0.0898 e. The Kier molecular flexibility index (Phi) is 7.45. The van der Waals surface area contributed by atoms with Crippen molar-refractivity contribution in [2.45, 2.75) is 83.6 Å². The van der Waals surface area contributed by atoms with Gasteiger partial charge in [-0.2, -0.15) is 0 Å². The highest BCUT2D eigenvalue weighted by atomic mass is 16.5. The summed E-state index contributed by atoms with van der Waals surface area (Å²) < 4.78 is 5.92. The van der Waals surface area contributed by atoms with Crippen molar-refractivity contribution in [1.29, 1.82) is 0 Å². The van der Waals surface area contributed by atoms with Crippen molar-refractivity contribution in [3.8, 4) is 0 Å². The van der Waals surface area contributed by atoms with Gasteiger partial charge in [-0.25, -0.2) is 0 Å². The van der Waals surface area contributed by atoms with Gasteiger partial charge in [-0.1, -0.05) is 26.2 Å². The zero-order valence-corrected chi connectivity index (χ0v) is 13.6. The molecule has 0 heterocycles. The molecule has 120 valence electrons. The third-order valence-electron chi connectivity index (χ3n) is 4.70. The average molecular weight is 287 g/mol. The van der Waals surface area contributed by atoms with Crippen molar-refractivity contribution in [2.75, 3.05) is 13.2 Å². The fraction of sp³-hybridized carbons (Fsp3) is 1.00. The monoisotopic (exact) mass is 287 g/mol. The van der Waals surface area contributed by atoms with Gasteiger partial charge in [0.25, 0.3) is 0 Å². The van der Waals surface area contributed by atoms with Gasteiger partial charge in [-0.3, -0.25) is 0 Å². The molecule has 1 fully saturated rings. The van der Waals surface area contributed by atoms with Crippen LogP contribution < -0.4 is 5.32 Å². The van der Waals surface area contributed by atoms with E-state index in [1.165, 1.54) is 19.3 Å². The third kappa shape index (κ3) is 5.68. The zero-order valence-electron chi connectivity index (χ0n) is 13.6. The molecule has 0 aliphatic heterocycles. The van der Waals surface area contributed by atoms with E-state index in [9.17, 15) is 10.2 Å². The van der Waals surface area contributed by atoms with E-state index >= 15 is 0 Å². The summed E-state index contributed by atoms with van der Waals surface area (Å²) >= 11 is 0. The number of ether oxygens (including phenoxy) is 1. The molecule has 0 radical (unpaired) electrons. The largest absolute Gasteiger partial charge is 0.392 e. The van der Waals surface area contributed by atoms with Crippen LogP contribution in [-0.2, 0) is 4.74 Å². The molecule has 1 saturated carbocycles. The first-order chi connectivity index (χ1) is 9.36. The number of rotatable bonds is 8. The number of β-amino-alcohol motifs (C(OH)–C–C–N with tert-alkyl or cyclic N) is 1. The third-order valence-corrected chi connectivity index (χ3v) is 4.70. The van der Waals surface area contributed by atoms with Gasteiger partial charge < -0.3 is 20.3 Å². The lowest BCUT2D eigenvalue weighted by molar-refractivity contribution is -0.0523. The topological polar surface area (TPSA) is 61.7 Å². The molecule has 4 atom stereocenters. The number of hydrogen-bond acceptors (Lipinski definition) is 4. The van der Waals surface area contributed by atoms with E-state index in [1.807, 2.05) is 13.8 Å². The highest BCUT2D eigenvalue weighted by molar-refractivity contribution is 4.84. The van der Waals surface area contributed by atoms with Crippen LogP contribution >= 0.6 is 0 Å². The maximum atomic E-state index is 10.0. The summed E-state index contributed by atoms with van der Waals surface area (Å²) in [6, 6.07) is 0. The average Bonchev–Trinajstić information content (AvgIpc) is 2.43. The summed E-state index contributed by atoms with van der Waals surface area (Å²) in [7, 11) is 0. The van der Waals surface area contributed by atoms with Crippen LogP contribution in [0.3, 0.4) is 0 Å². The van der Waals surface area contributed by atoms with Crippen molar-refractivity contribution >= 4 is 0 Å². The van der Waals surface area contributed by atoms with Crippen LogP contribution in [0, 0.1) is 5.92 Å². The molecule has 0 amide bonds. The molecule has 0 aromatic rings. The number of nitrogens with one attached hydrogen (secondary N) is 1. The van der Waals surface area contributed by atoms with Gasteiger partial charge in [0.15, 0.2) is 0 Å². The molecule has 4 heteroatoms. The van der Waals surface area contributed by atoms with Gasteiger partial charge in [0.05, 0.1) is 24.9 Å². The van der Waals surface area contributed by atoms with Crippen molar-refractivity contribution < 1.29 is 14.9 Å². The van der Waals surface area contributed by atoms with Gasteiger partial charge in [0, 0.05) is 12.1 Å². The molecule has 0 bridgehead atoms. The lowest BCUT2D eigenvalue weighted by Crippen LogP contribution is -2.51. The SMILES string of the molecule is CCC1CCCCC1OCC(O)CNC(C)(C)C(C)O. The first-order valence-corrected chi connectivity index (χ1v) is 8.09. The highest BCUT2D eigenvalue weighted by Crippen LogP contribution is 2.29. The quantitative estimate of drug-likeness (QED) is 0.640. The summed E-state index contributed by atoms with van der Waals surface area (Å²) in [5, 5.41) is 22.8. The van der Waals surface area contributed by atoms with Gasteiger partial charge in [-0.05, 0) is 39.5 Å². The van der Waals surface area contributed by atoms with E-state index in [4.69, 9.17) is 4.74 Å². The number of hydrogen-bond donors (Lipinski definition) is 3. The molecule has 0 saturated heterocycles. The number of aliphatic hydroxyl groups is 2. The molecular formula is C16H33NO3. The van der Waals surface area contributed by atoms with E-state index in [-0.39, 0.29) is 0 Å². The predicted octanol–water partition coefficient (Wildman–Crippen LogP) is 2.08. The standard InChI is InChI=1S/C16H33NO3/c1-5-13-8-6-7-9-15(13)20-11-14(19)10-17-16(3,4)12(2)18/h12-15,17-19H,5-11H2,1-4H3. The summed E-state index contributed by atoms with van der Waals surface area (Å²) in [4.78, 5) is 0. The normalized spacial score (nSPS) is 27.3. The summed E-state index contributed by atoms with van der Waals surface area (Å²) in [6.45, 7) is 8.66. The van der Waals surface area contributed by atoms with Gasteiger partial charge in [-0.15, -0.1) is 0 Å². The Labute approximate surface area is 123 Å². The second kappa shape index (κ2) is 8.32. The minimum atomic E-state index is -0.521. The second-order valence-electron chi connectivity index (χ2n) is 6.76. The molecular weight excluding hydrogens is 254 g/mol. The van der Waals surface area contributed by atoms with Crippen LogP contribution in [0.25, 0.3) is 0 Å². The van der Waals surface area contributed by atoms with Crippen molar-refractivity contribution in [1.82, 2.24) is 5.32 Å². The number of aliphatic hydroxyl groups excluding tert-OH is 2. The van der Waals surface area contributed by atoms with Crippen LogP contribution in [0.15, 0.2) is 0 Å². The second-order valence-corrected chi connectivity index (χ2v) is 6.76. The van der Waals surface area contributed by atoms with E-state index in [1.54, 1.807) is 6.92 Å². The Bertz CT molecular complexity index is 268. The highest BCUT2D eigenvalue weighted by Gasteiger charge is 2.26. The predicted molar refractivity (Wildman–Crippen MR) is 81.8 cm³/mol. The van der Waals surface area contributed by atoms with Crippen molar-refractivity contribution in [2.24, 2.45) is 5.92 Å². The van der Waals surface area contributed by atoms with Crippen molar-refractivity contribution in [3.05, 3.63) is 0 Å². The minimum absolute atomic E-state index is 0.313. The minimum Gasteiger partial charge on any atom is -0.392 e. The van der Waals surface area contributed by atoms with E-state index < -0.39 is 17.7 Å². The van der Waals surface area contributed by atoms with E-state index in [0.29, 0.717) is 25.2 Å². The molecule has 4 unspecified atom stereocenters. The summed E-state index contributed by atoms with van der Waals surface area (Å²) in [5.41, 5.74) is -0.391. The lowest BCUT2D eigenvalue weighted by atomic mass is 9.85. The summed E-state index contributed by atoms with van der Waals surface area (Å²) in [6.07, 6.45) is 5.42. The zero-order chi connectivity index (χ0) is 15.2. The molecule has 0 spiro atoms. The molecule has 3 N–H and O–H groups in total. The first-order valence-electron chi connectivity index (χ1n) is 8.09. The van der Waals surface area contributed by atoms with Crippen LogP contribution in [0.5, 0.6) is 0 Å². The first kappa shape index (κ1) is 17.9. The maximum Gasteiger partial charge on any atom is 0.0898 e. The Hall–Kier alpha value is -0.160. The van der Waals surface area contributed by atoms with E-state index in [0.717, 1.165) is 12.8 Å². The molecule has 1 aliphatic rings. The Balaban J connectivity index is 2.27. The van der Waals surface area contributed by atoms with Gasteiger partial charge >= 0.3 is 0 Å². The fourth-order valence-electron chi connectivity index (χ4n) is 2.68. The summed E-state index contributed by atoms with van der Waals surface area (Å²) in [5.74, 6) is 0.651. The Morgan fingerprint density at radius 3 is 2.50 bits per heavy atom. The van der Waals surface area contributed by atoms with Gasteiger partial charge in [0.2, 0.25) is 0 Å². The van der Waals surface area contributed by atoms with Crippen LogP contribution in [-0.4, -0.2) is 47.2 Å². The van der Waals surface area contributed by atoms with Crippen LogP contribution in [0.4, 0.5) is 0 Å². The van der Waals surface area contributed by atoms with Crippen molar-refractivity contribution in [3.63, 3.8) is 0 Å². The molecule has 0 aromatic carbocycles. The molecule has 1 aliphatic carbocycles. The maximum absolute atomic E-state index is 10.0. The van der Waals surface area contributed by atoms with Crippen LogP contribution in [0.1, 0.15) is 59.8 Å². The van der Waals surface area contributed by atoms with E-state index in [2.05, 4.69) is 12.2 Å². The molecule has 4 nitrogen and oxygen atoms in total.